The second-order valence-electron chi connectivity index (χ2n) is 8.65. The highest BCUT2D eigenvalue weighted by molar-refractivity contribution is 5.91. The third-order valence-corrected chi connectivity index (χ3v) is 5.44. The first kappa shape index (κ1) is 29.9. The molecule has 0 spiro atoms. The van der Waals surface area contributed by atoms with Crippen LogP contribution < -0.4 is 25.7 Å². The van der Waals surface area contributed by atoms with E-state index in [9.17, 15) is 22.8 Å². The molecule has 0 atom stereocenters. The van der Waals surface area contributed by atoms with Crippen molar-refractivity contribution in [2.24, 2.45) is 0 Å². The Labute approximate surface area is 229 Å². The molecule has 0 amide bonds. The second kappa shape index (κ2) is 13.9. The highest BCUT2D eigenvalue weighted by Crippen LogP contribution is 2.30. The number of halogens is 3. The molecule has 11 heteroatoms. The van der Waals surface area contributed by atoms with E-state index in [1.54, 1.807) is 30.3 Å². The molecule has 40 heavy (non-hydrogen) atoms. The molecule has 3 aromatic rings. The molecular weight excluding hydrogens is 529 g/mol. The minimum absolute atomic E-state index is 0.0994. The van der Waals surface area contributed by atoms with Gasteiger partial charge < -0.3 is 30.4 Å². The first-order valence-electron chi connectivity index (χ1n) is 12.2. The molecule has 3 aromatic carbocycles. The maximum Gasteiger partial charge on any atom is 0.389 e. The zero-order valence-corrected chi connectivity index (χ0v) is 21.7. The Morgan fingerprint density at radius 1 is 0.900 bits per heavy atom. The number of nitrogen functional groups attached to an aromatic ring is 2. The van der Waals surface area contributed by atoms with Crippen molar-refractivity contribution in [1.29, 1.82) is 0 Å². The van der Waals surface area contributed by atoms with Gasteiger partial charge in [-0.25, -0.2) is 9.59 Å². The van der Waals surface area contributed by atoms with Crippen LogP contribution >= 0.6 is 0 Å². The van der Waals surface area contributed by atoms with E-state index in [1.165, 1.54) is 49.6 Å². The number of nitrogens with two attached hydrogens (primary N) is 2. The number of benzene rings is 3. The quantitative estimate of drug-likeness (QED) is 0.0969. The molecule has 0 aromatic heterocycles. The predicted molar refractivity (Wildman–Crippen MR) is 144 cm³/mol. The lowest BCUT2D eigenvalue weighted by Gasteiger charge is -2.11. The van der Waals surface area contributed by atoms with Crippen molar-refractivity contribution < 1.29 is 41.7 Å². The average Bonchev–Trinajstić information content (AvgIpc) is 2.89. The smallest absolute Gasteiger partial charge is 0.389 e. The molecule has 0 aliphatic heterocycles. The monoisotopic (exact) mass is 558 g/mol. The Morgan fingerprint density at radius 3 is 2.25 bits per heavy atom. The Balaban J connectivity index is 1.51. The van der Waals surface area contributed by atoms with Crippen LogP contribution in [0.1, 0.15) is 34.3 Å². The first-order valence-corrected chi connectivity index (χ1v) is 12.2. The van der Waals surface area contributed by atoms with Crippen molar-refractivity contribution in [3.8, 4) is 17.2 Å². The minimum Gasteiger partial charge on any atom is -0.494 e. The summed E-state index contributed by atoms with van der Waals surface area (Å²) in [5.41, 5.74) is 14.3. The summed E-state index contributed by atoms with van der Waals surface area (Å²) in [6, 6.07) is 15.7. The predicted octanol–water partition coefficient (Wildman–Crippen LogP) is 5.60. The summed E-state index contributed by atoms with van der Waals surface area (Å²) in [4.78, 5) is 24.7. The van der Waals surface area contributed by atoms with E-state index >= 15 is 0 Å². The molecule has 4 N–H and O–H groups in total. The molecule has 0 aliphatic rings. The number of rotatable bonds is 12. The minimum atomic E-state index is -4.23. The van der Waals surface area contributed by atoms with E-state index < -0.39 is 24.5 Å². The Hall–Kier alpha value is -4.67. The number of ether oxygens (including phenoxy) is 4. The highest BCUT2D eigenvalue weighted by Gasteiger charge is 2.26. The summed E-state index contributed by atoms with van der Waals surface area (Å²) in [5.74, 6) is -0.468. The molecule has 0 aliphatic carbocycles. The second-order valence-corrected chi connectivity index (χ2v) is 8.65. The van der Waals surface area contributed by atoms with Crippen molar-refractivity contribution >= 4 is 29.4 Å². The normalized spacial score (nSPS) is 11.3. The molecule has 0 fully saturated rings. The van der Waals surface area contributed by atoms with Crippen LogP contribution in [0.15, 0.2) is 66.7 Å². The Kier molecular flexibility index (Phi) is 10.4. The SMILES string of the molecule is COc1cc(C=CC(=O)OCCc2cc(N)cc(N)c2)ccc1OC(=O)c1ccc(OCCCC(F)(F)F)cc1. The molecule has 212 valence electrons. The average molecular weight is 559 g/mol. The van der Waals surface area contributed by atoms with Gasteiger partial charge in [0.1, 0.15) is 5.75 Å². The van der Waals surface area contributed by atoms with Crippen LogP contribution in [0.3, 0.4) is 0 Å². The fourth-order valence-corrected chi connectivity index (χ4v) is 3.55. The van der Waals surface area contributed by atoms with Gasteiger partial charge in [0.2, 0.25) is 0 Å². The first-order chi connectivity index (χ1) is 19.0. The zero-order chi connectivity index (χ0) is 29.1. The van der Waals surface area contributed by atoms with Crippen molar-refractivity contribution in [1.82, 2.24) is 0 Å². The molecule has 3 rings (SSSR count). The molecule has 0 heterocycles. The molecule has 8 nitrogen and oxygen atoms in total. The van der Waals surface area contributed by atoms with Gasteiger partial charge in [0.05, 0.1) is 25.9 Å². The van der Waals surface area contributed by atoms with Gasteiger partial charge in [-0.2, -0.15) is 13.2 Å². The third-order valence-electron chi connectivity index (χ3n) is 5.44. The van der Waals surface area contributed by atoms with Crippen LogP contribution in [0, 0.1) is 0 Å². The zero-order valence-electron chi connectivity index (χ0n) is 21.7. The summed E-state index contributed by atoms with van der Waals surface area (Å²) in [6.07, 6.45) is -2.07. The van der Waals surface area contributed by atoms with Crippen molar-refractivity contribution in [3.05, 3.63) is 83.4 Å². The Morgan fingerprint density at radius 2 is 1.60 bits per heavy atom. The van der Waals surface area contributed by atoms with Crippen LogP contribution in [-0.2, 0) is 16.0 Å². The maximum atomic E-state index is 12.6. The number of hydrogen-bond donors (Lipinski definition) is 2. The summed E-state index contributed by atoms with van der Waals surface area (Å²) >= 11 is 0. The summed E-state index contributed by atoms with van der Waals surface area (Å²) < 4.78 is 57.9. The van der Waals surface area contributed by atoms with Gasteiger partial charge in [0, 0.05) is 30.3 Å². The number of esters is 2. The summed E-state index contributed by atoms with van der Waals surface area (Å²) in [6.45, 7) is 0.0489. The van der Waals surface area contributed by atoms with Crippen LogP contribution in [0.4, 0.5) is 24.5 Å². The van der Waals surface area contributed by atoms with Crippen LogP contribution in [0.5, 0.6) is 17.2 Å². The van der Waals surface area contributed by atoms with Gasteiger partial charge in [0.25, 0.3) is 0 Å². The third kappa shape index (κ3) is 9.90. The number of methoxy groups -OCH3 is 1. The van der Waals surface area contributed by atoms with E-state index in [0.717, 1.165) is 5.56 Å². The van der Waals surface area contributed by atoms with E-state index in [-0.39, 0.29) is 36.7 Å². The van der Waals surface area contributed by atoms with Gasteiger partial charge in [-0.3, -0.25) is 0 Å². The number of anilines is 2. The number of carbonyl (C=O) groups is 2. The topological polar surface area (TPSA) is 123 Å². The van der Waals surface area contributed by atoms with E-state index in [1.807, 2.05) is 0 Å². The fraction of sp³-hybridized carbons (Fsp3) is 0.241. The van der Waals surface area contributed by atoms with Crippen molar-refractivity contribution in [3.63, 3.8) is 0 Å². The summed E-state index contributed by atoms with van der Waals surface area (Å²) in [5, 5.41) is 0. The molecule has 0 bridgehead atoms. The van der Waals surface area contributed by atoms with E-state index in [4.69, 9.17) is 30.4 Å². The van der Waals surface area contributed by atoms with Crippen LogP contribution in [0.25, 0.3) is 6.08 Å². The van der Waals surface area contributed by atoms with Gasteiger partial charge in [0.15, 0.2) is 11.5 Å². The van der Waals surface area contributed by atoms with Gasteiger partial charge in [-0.05, 0) is 78.2 Å². The van der Waals surface area contributed by atoms with Crippen LogP contribution in [-0.4, -0.2) is 38.4 Å². The lowest BCUT2D eigenvalue weighted by Crippen LogP contribution is -2.10. The maximum absolute atomic E-state index is 12.6. The number of alkyl halides is 3. The fourth-order valence-electron chi connectivity index (χ4n) is 3.55. The molecule has 0 saturated carbocycles. The number of hydrogen-bond acceptors (Lipinski definition) is 8. The Bertz CT molecular complexity index is 1320. The molecule has 0 saturated heterocycles. The van der Waals surface area contributed by atoms with Gasteiger partial charge in [-0.1, -0.05) is 6.07 Å². The highest BCUT2D eigenvalue weighted by atomic mass is 19.4. The largest absolute Gasteiger partial charge is 0.494 e. The summed E-state index contributed by atoms with van der Waals surface area (Å²) in [7, 11) is 1.41. The lowest BCUT2D eigenvalue weighted by molar-refractivity contribution is -0.138. The number of carbonyl (C=O) groups excluding carboxylic acids is 2. The molecular formula is C29H29F3N2O6. The molecule has 0 radical (unpaired) electrons. The van der Waals surface area contributed by atoms with E-state index in [0.29, 0.717) is 29.1 Å². The van der Waals surface area contributed by atoms with Gasteiger partial charge in [-0.15, -0.1) is 0 Å². The molecule has 0 unspecified atom stereocenters. The van der Waals surface area contributed by atoms with Crippen molar-refractivity contribution in [2.75, 3.05) is 31.8 Å². The van der Waals surface area contributed by atoms with E-state index in [2.05, 4.69) is 0 Å². The lowest BCUT2D eigenvalue weighted by atomic mass is 10.1. The van der Waals surface area contributed by atoms with Crippen LogP contribution in [0.2, 0.25) is 0 Å². The standard InChI is InChI=1S/C29H29F3N2O6/c1-37-26-17-19(4-10-27(35)39-14-11-20-15-22(33)18-23(34)16-20)3-9-25(26)40-28(36)21-5-7-24(8-6-21)38-13-2-12-29(30,31)32/h3-10,15-18H,2,11-14,33-34H2,1H3. The van der Waals surface area contributed by atoms with Gasteiger partial charge >= 0.3 is 18.1 Å². The van der Waals surface area contributed by atoms with Crippen molar-refractivity contribution in [2.45, 2.75) is 25.4 Å².